The first-order valence-electron chi connectivity index (χ1n) is 4.28. The summed E-state index contributed by atoms with van der Waals surface area (Å²) < 4.78 is 9.79. The molecule has 4 heteroatoms. The Kier molecular flexibility index (Phi) is 4.95. The third-order valence-electron chi connectivity index (χ3n) is 2.56. The molecule has 0 aliphatic rings. The van der Waals surface area contributed by atoms with E-state index < -0.39 is 0 Å². The first-order chi connectivity index (χ1) is 6.00. The number of ether oxygens (including phenoxy) is 2. The number of carbonyl (C=O) groups is 1. The fourth-order valence-electron chi connectivity index (χ4n) is 1.07. The highest BCUT2D eigenvalue weighted by Gasteiger charge is 2.32. The van der Waals surface area contributed by atoms with Crippen molar-refractivity contribution in [3.05, 3.63) is 0 Å². The summed E-state index contributed by atoms with van der Waals surface area (Å²) in [4.78, 5) is 11.1. The van der Waals surface area contributed by atoms with E-state index in [1.807, 2.05) is 13.8 Å². The Morgan fingerprint density at radius 3 is 2.38 bits per heavy atom. The molecule has 0 aromatic rings. The van der Waals surface area contributed by atoms with Gasteiger partial charge in [-0.25, -0.2) is 0 Å². The maximum Gasteiger partial charge on any atom is 0.307 e. The summed E-state index contributed by atoms with van der Waals surface area (Å²) >= 11 is 0. The van der Waals surface area contributed by atoms with Crippen LogP contribution in [-0.4, -0.2) is 38.9 Å². The Morgan fingerprint density at radius 1 is 1.54 bits per heavy atom. The maximum atomic E-state index is 11.1. The topological polar surface area (TPSA) is 47.6 Å². The minimum Gasteiger partial charge on any atom is -0.469 e. The van der Waals surface area contributed by atoms with Gasteiger partial charge in [0.25, 0.3) is 0 Å². The highest BCUT2D eigenvalue weighted by molar-refractivity contribution is 5.70. The van der Waals surface area contributed by atoms with Crippen LogP contribution in [-0.2, 0) is 14.3 Å². The molecule has 0 aromatic carbocycles. The molecule has 0 aliphatic carbocycles. The van der Waals surface area contributed by atoms with Crippen molar-refractivity contribution in [1.82, 2.24) is 5.32 Å². The van der Waals surface area contributed by atoms with Gasteiger partial charge >= 0.3 is 5.97 Å². The number of nitrogens with one attached hydrogen (secondary N) is 1. The lowest BCUT2D eigenvalue weighted by molar-refractivity contribution is -0.143. The quantitative estimate of drug-likeness (QED) is 0.642. The van der Waals surface area contributed by atoms with Gasteiger partial charge in [-0.05, 0) is 20.9 Å². The summed E-state index contributed by atoms with van der Waals surface area (Å²) in [6.07, 6.45) is 0.256. The first-order valence-corrected chi connectivity index (χ1v) is 4.28. The first kappa shape index (κ1) is 12.4. The summed E-state index contributed by atoms with van der Waals surface area (Å²) in [5, 5.41) is 3.07. The summed E-state index contributed by atoms with van der Waals surface area (Å²) in [5.74, 6) is -0.235. The van der Waals surface area contributed by atoms with Crippen molar-refractivity contribution in [3.63, 3.8) is 0 Å². The Balaban J connectivity index is 4.35. The molecule has 2 unspecified atom stereocenters. The molecule has 0 aliphatic heterocycles. The number of hydrogen-bond acceptors (Lipinski definition) is 4. The second-order valence-corrected chi connectivity index (χ2v) is 3.30. The Hall–Kier alpha value is -0.610. The van der Waals surface area contributed by atoms with Crippen LogP contribution in [0.25, 0.3) is 0 Å². The molecule has 0 fully saturated rings. The molecular formula is C9H19NO3. The van der Waals surface area contributed by atoms with E-state index in [1.54, 1.807) is 14.2 Å². The molecule has 0 radical (unpaired) electrons. The van der Waals surface area contributed by atoms with Crippen LogP contribution in [0.2, 0.25) is 0 Å². The summed E-state index contributed by atoms with van der Waals surface area (Å²) in [6, 6.07) is 0. The largest absolute Gasteiger partial charge is 0.469 e. The summed E-state index contributed by atoms with van der Waals surface area (Å²) in [6.45, 7) is 3.84. The van der Waals surface area contributed by atoms with Crippen molar-refractivity contribution in [1.29, 1.82) is 0 Å². The smallest absolute Gasteiger partial charge is 0.307 e. The van der Waals surface area contributed by atoms with Crippen LogP contribution in [0.3, 0.4) is 0 Å². The molecule has 0 amide bonds. The zero-order valence-electron chi connectivity index (χ0n) is 9.01. The molecule has 0 bridgehead atoms. The van der Waals surface area contributed by atoms with Gasteiger partial charge in [-0.3, -0.25) is 4.79 Å². The molecule has 2 atom stereocenters. The zero-order chi connectivity index (χ0) is 10.5. The van der Waals surface area contributed by atoms with Crippen LogP contribution in [0.1, 0.15) is 20.3 Å². The van der Waals surface area contributed by atoms with Crippen molar-refractivity contribution in [3.8, 4) is 0 Å². The second kappa shape index (κ2) is 5.19. The molecule has 0 saturated carbocycles. The zero-order valence-corrected chi connectivity index (χ0v) is 9.01. The Morgan fingerprint density at radius 2 is 2.08 bits per heavy atom. The van der Waals surface area contributed by atoms with Crippen LogP contribution in [0.15, 0.2) is 0 Å². The predicted octanol–water partition coefficient (Wildman–Crippen LogP) is 0.562. The van der Waals surface area contributed by atoms with Gasteiger partial charge < -0.3 is 14.8 Å². The average Bonchev–Trinajstić information content (AvgIpc) is 2.15. The van der Waals surface area contributed by atoms with Crippen LogP contribution in [0.5, 0.6) is 0 Å². The van der Waals surface area contributed by atoms with Gasteiger partial charge in [-0.15, -0.1) is 0 Å². The SMILES string of the molecule is CNC(C)(CC(=O)OC)C(C)OC. The van der Waals surface area contributed by atoms with E-state index >= 15 is 0 Å². The molecule has 0 aromatic heterocycles. The van der Waals surface area contributed by atoms with Gasteiger partial charge in [-0.2, -0.15) is 0 Å². The van der Waals surface area contributed by atoms with Crippen LogP contribution in [0.4, 0.5) is 0 Å². The van der Waals surface area contributed by atoms with E-state index in [-0.39, 0.29) is 17.6 Å². The third kappa shape index (κ3) is 3.32. The molecule has 4 nitrogen and oxygen atoms in total. The van der Waals surface area contributed by atoms with Gasteiger partial charge in [0.1, 0.15) is 0 Å². The minimum atomic E-state index is -0.373. The number of rotatable bonds is 5. The normalized spacial score (nSPS) is 17.6. The number of esters is 1. The molecule has 0 saturated heterocycles. The molecule has 0 spiro atoms. The highest BCUT2D eigenvalue weighted by atomic mass is 16.5. The fourth-order valence-corrected chi connectivity index (χ4v) is 1.07. The Bertz CT molecular complexity index is 172. The van der Waals surface area contributed by atoms with Crippen molar-refractivity contribution in [2.75, 3.05) is 21.3 Å². The van der Waals surface area contributed by atoms with E-state index in [0.29, 0.717) is 6.42 Å². The fraction of sp³-hybridized carbons (Fsp3) is 0.889. The number of carbonyl (C=O) groups excluding carboxylic acids is 1. The maximum absolute atomic E-state index is 11.1. The van der Waals surface area contributed by atoms with Crippen molar-refractivity contribution in [2.45, 2.75) is 31.9 Å². The molecule has 0 heterocycles. The summed E-state index contributed by atoms with van der Waals surface area (Å²) in [5.41, 5.74) is -0.373. The van der Waals surface area contributed by atoms with Crippen molar-refractivity contribution in [2.24, 2.45) is 0 Å². The highest BCUT2D eigenvalue weighted by Crippen LogP contribution is 2.17. The standard InChI is InChI=1S/C9H19NO3/c1-7(12-4)9(2,10-3)6-8(11)13-5/h7,10H,6H2,1-5H3. The van der Waals surface area contributed by atoms with E-state index in [4.69, 9.17) is 4.74 Å². The van der Waals surface area contributed by atoms with Gasteiger partial charge in [0.2, 0.25) is 0 Å². The lowest BCUT2D eigenvalue weighted by atomic mass is 9.92. The third-order valence-corrected chi connectivity index (χ3v) is 2.56. The van der Waals surface area contributed by atoms with Gasteiger partial charge in [-0.1, -0.05) is 0 Å². The predicted molar refractivity (Wildman–Crippen MR) is 50.6 cm³/mol. The molecule has 0 rings (SSSR count). The molecule has 1 N–H and O–H groups in total. The Labute approximate surface area is 79.6 Å². The monoisotopic (exact) mass is 189 g/mol. The number of likely N-dealkylation sites (N-methyl/N-ethyl adjacent to an activating group) is 1. The van der Waals surface area contributed by atoms with Gasteiger partial charge in [0.15, 0.2) is 0 Å². The van der Waals surface area contributed by atoms with Crippen molar-refractivity contribution < 1.29 is 14.3 Å². The number of methoxy groups -OCH3 is 2. The second-order valence-electron chi connectivity index (χ2n) is 3.30. The van der Waals surface area contributed by atoms with Gasteiger partial charge in [0, 0.05) is 7.11 Å². The van der Waals surface area contributed by atoms with Gasteiger partial charge in [0.05, 0.1) is 25.2 Å². The lowest BCUT2D eigenvalue weighted by Gasteiger charge is -2.33. The van der Waals surface area contributed by atoms with E-state index in [0.717, 1.165) is 0 Å². The van der Waals surface area contributed by atoms with Crippen LogP contribution >= 0.6 is 0 Å². The van der Waals surface area contributed by atoms with Crippen LogP contribution in [0, 0.1) is 0 Å². The van der Waals surface area contributed by atoms with E-state index in [9.17, 15) is 4.79 Å². The molecule has 78 valence electrons. The molecule has 13 heavy (non-hydrogen) atoms. The molecular weight excluding hydrogens is 170 g/mol. The summed E-state index contributed by atoms with van der Waals surface area (Å²) in [7, 11) is 4.81. The minimum absolute atomic E-state index is 0.0448. The van der Waals surface area contributed by atoms with E-state index in [2.05, 4.69) is 10.1 Å². The van der Waals surface area contributed by atoms with Crippen molar-refractivity contribution >= 4 is 5.97 Å². The van der Waals surface area contributed by atoms with Crippen LogP contribution < -0.4 is 5.32 Å². The number of hydrogen-bond donors (Lipinski definition) is 1. The lowest BCUT2D eigenvalue weighted by Crippen LogP contribution is -2.51. The van der Waals surface area contributed by atoms with E-state index in [1.165, 1.54) is 7.11 Å². The average molecular weight is 189 g/mol.